The molecule has 2 heterocycles. The van der Waals surface area contributed by atoms with Crippen molar-refractivity contribution in [3.05, 3.63) is 34.0 Å². The molecule has 1 aliphatic carbocycles. The number of rotatable bonds is 4. The third-order valence-corrected chi connectivity index (χ3v) is 4.06. The van der Waals surface area contributed by atoms with Gasteiger partial charge in [-0.05, 0) is 39.5 Å². The van der Waals surface area contributed by atoms with Crippen LogP contribution in [-0.2, 0) is 24.2 Å². The molecule has 0 bridgehead atoms. The largest absolute Gasteiger partial charge is 0.354 e. The quantitative estimate of drug-likeness (QED) is 0.925. The number of fused-ring (bicyclic) bond motifs is 3. The summed E-state index contributed by atoms with van der Waals surface area (Å²) in [5.41, 5.74) is 2.79. The summed E-state index contributed by atoms with van der Waals surface area (Å²) in [6.07, 6.45) is 7.97. The van der Waals surface area contributed by atoms with E-state index in [0.717, 1.165) is 36.9 Å². The summed E-state index contributed by atoms with van der Waals surface area (Å²) in [7, 11) is 0. The molecule has 1 aliphatic rings. The van der Waals surface area contributed by atoms with Gasteiger partial charge in [0, 0.05) is 37.0 Å². The highest BCUT2D eigenvalue weighted by Crippen LogP contribution is 2.22. The van der Waals surface area contributed by atoms with Crippen molar-refractivity contribution in [2.75, 3.05) is 0 Å². The molecule has 0 fully saturated rings. The fraction of sp³-hybridized carbons (Fsp3) is 0.562. The minimum Gasteiger partial charge on any atom is -0.354 e. The highest BCUT2D eigenvalue weighted by atomic mass is 16.2. The first-order valence-electron chi connectivity index (χ1n) is 7.95. The van der Waals surface area contributed by atoms with E-state index >= 15 is 0 Å². The summed E-state index contributed by atoms with van der Waals surface area (Å²) >= 11 is 0. The lowest BCUT2D eigenvalue weighted by atomic mass is 9.97. The summed E-state index contributed by atoms with van der Waals surface area (Å²) in [6, 6.07) is 0.119. The van der Waals surface area contributed by atoms with Gasteiger partial charge in [-0.3, -0.25) is 9.59 Å². The molecule has 1 N–H and O–H groups in total. The zero-order chi connectivity index (χ0) is 15.7. The Hall–Kier alpha value is -2.11. The van der Waals surface area contributed by atoms with Crippen LogP contribution in [0.4, 0.5) is 0 Å². The number of nitrogens with one attached hydrogen (secondary N) is 1. The van der Waals surface area contributed by atoms with Crippen LogP contribution in [0, 0.1) is 0 Å². The highest BCUT2D eigenvalue weighted by Gasteiger charge is 2.19. The van der Waals surface area contributed by atoms with Crippen molar-refractivity contribution in [1.82, 2.24) is 19.5 Å². The number of hydrogen-bond donors (Lipinski definition) is 1. The SMILES string of the molecule is CC(C)NC(=O)CCn1ccn2nc3c(c2c1=O)CCCC3. The van der Waals surface area contributed by atoms with Crippen molar-refractivity contribution in [2.24, 2.45) is 0 Å². The Kier molecular flexibility index (Phi) is 4.00. The minimum atomic E-state index is -0.0458. The van der Waals surface area contributed by atoms with Crippen molar-refractivity contribution in [1.29, 1.82) is 0 Å². The van der Waals surface area contributed by atoms with Gasteiger partial charge in [0.05, 0.1) is 5.69 Å². The molecule has 0 aliphatic heterocycles. The summed E-state index contributed by atoms with van der Waals surface area (Å²) in [5.74, 6) is -0.0303. The number of aromatic nitrogens is 3. The van der Waals surface area contributed by atoms with Crippen LogP contribution in [0.15, 0.2) is 17.2 Å². The molecule has 3 rings (SSSR count). The van der Waals surface area contributed by atoms with E-state index in [-0.39, 0.29) is 17.5 Å². The number of aryl methyl sites for hydroxylation is 3. The van der Waals surface area contributed by atoms with Crippen LogP contribution < -0.4 is 10.9 Å². The normalized spacial score (nSPS) is 14.3. The maximum atomic E-state index is 12.7. The van der Waals surface area contributed by atoms with Gasteiger partial charge in [-0.1, -0.05) is 0 Å². The fourth-order valence-electron chi connectivity index (χ4n) is 3.05. The summed E-state index contributed by atoms with van der Waals surface area (Å²) in [6.45, 7) is 4.25. The summed E-state index contributed by atoms with van der Waals surface area (Å²) < 4.78 is 3.31. The molecule has 0 aromatic carbocycles. The molecular formula is C16H22N4O2. The fourth-order valence-corrected chi connectivity index (χ4v) is 3.05. The minimum absolute atomic E-state index is 0.0303. The first kappa shape index (κ1) is 14.8. The van der Waals surface area contributed by atoms with E-state index in [9.17, 15) is 9.59 Å². The lowest BCUT2D eigenvalue weighted by Gasteiger charge is -2.10. The molecule has 1 amide bonds. The molecule has 0 unspecified atom stereocenters. The third-order valence-electron chi connectivity index (χ3n) is 4.06. The van der Waals surface area contributed by atoms with Gasteiger partial charge < -0.3 is 9.88 Å². The van der Waals surface area contributed by atoms with Gasteiger partial charge in [-0.15, -0.1) is 0 Å². The van der Waals surface area contributed by atoms with E-state index in [4.69, 9.17) is 0 Å². The van der Waals surface area contributed by atoms with Crippen LogP contribution in [0.3, 0.4) is 0 Å². The maximum Gasteiger partial charge on any atom is 0.276 e. The molecule has 2 aromatic heterocycles. The molecule has 118 valence electrons. The molecule has 22 heavy (non-hydrogen) atoms. The van der Waals surface area contributed by atoms with Gasteiger partial charge in [0.15, 0.2) is 0 Å². The molecular weight excluding hydrogens is 280 g/mol. The average molecular weight is 302 g/mol. The number of amides is 1. The van der Waals surface area contributed by atoms with Gasteiger partial charge in [0.1, 0.15) is 5.52 Å². The molecule has 6 heteroatoms. The zero-order valence-corrected chi connectivity index (χ0v) is 13.1. The van der Waals surface area contributed by atoms with Crippen molar-refractivity contribution in [2.45, 2.75) is 58.5 Å². The van der Waals surface area contributed by atoms with Gasteiger partial charge in [0.2, 0.25) is 5.91 Å². The van der Waals surface area contributed by atoms with Gasteiger partial charge in [0.25, 0.3) is 5.56 Å². The molecule has 2 aromatic rings. The third kappa shape index (κ3) is 2.77. The lowest BCUT2D eigenvalue weighted by Crippen LogP contribution is -2.32. The predicted molar refractivity (Wildman–Crippen MR) is 84.0 cm³/mol. The van der Waals surface area contributed by atoms with Crippen molar-refractivity contribution in [3.8, 4) is 0 Å². The van der Waals surface area contributed by atoms with E-state index in [1.807, 2.05) is 20.0 Å². The Morgan fingerprint density at radius 3 is 2.86 bits per heavy atom. The van der Waals surface area contributed by atoms with E-state index < -0.39 is 0 Å². The molecule has 0 saturated carbocycles. The Morgan fingerprint density at radius 2 is 2.09 bits per heavy atom. The van der Waals surface area contributed by atoms with Gasteiger partial charge in [-0.2, -0.15) is 5.10 Å². The number of nitrogens with zero attached hydrogens (tertiary/aromatic N) is 3. The Balaban J connectivity index is 1.87. The first-order chi connectivity index (χ1) is 10.6. The zero-order valence-electron chi connectivity index (χ0n) is 13.1. The number of carbonyl (C=O) groups is 1. The Bertz CT molecular complexity index is 757. The molecule has 0 atom stereocenters. The number of carbonyl (C=O) groups excluding carboxylic acids is 1. The van der Waals surface area contributed by atoms with Crippen LogP contribution in [0.25, 0.3) is 5.52 Å². The van der Waals surface area contributed by atoms with Crippen LogP contribution in [0.5, 0.6) is 0 Å². The lowest BCUT2D eigenvalue weighted by molar-refractivity contribution is -0.121. The second kappa shape index (κ2) is 5.94. The molecule has 6 nitrogen and oxygen atoms in total. The molecule has 0 radical (unpaired) electrons. The summed E-state index contributed by atoms with van der Waals surface area (Å²) in [5, 5.41) is 7.36. The van der Waals surface area contributed by atoms with Crippen LogP contribution in [0.2, 0.25) is 0 Å². The van der Waals surface area contributed by atoms with E-state index in [0.29, 0.717) is 18.5 Å². The predicted octanol–water partition coefficient (Wildman–Crippen LogP) is 1.29. The number of hydrogen-bond acceptors (Lipinski definition) is 3. The topological polar surface area (TPSA) is 68.4 Å². The average Bonchev–Trinajstić information content (AvgIpc) is 2.85. The second-order valence-electron chi connectivity index (χ2n) is 6.19. The van der Waals surface area contributed by atoms with Crippen LogP contribution in [-0.4, -0.2) is 26.1 Å². The van der Waals surface area contributed by atoms with Crippen molar-refractivity contribution < 1.29 is 4.79 Å². The molecule has 0 spiro atoms. The van der Waals surface area contributed by atoms with Gasteiger partial charge in [-0.25, -0.2) is 4.52 Å². The van der Waals surface area contributed by atoms with Crippen LogP contribution in [0.1, 0.15) is 44.4 Å². The van der Waals surface area contributed by atoms with Crippen molar-refractivity contribution in [3.63, 3.8) is 0 Å². The second-order valence-corrected chi connectivity index (χ2v) is 6.19. The summed E-state index contributed by atoms with van der Waals surface area (Å²) in [4.78, 5) is 24.4. The highest BCUT2D eigenvalue weighted by molar-refractivity contribution is 5.76. The standard InChI is InChI=1S/C16H22N4O2/c1-11(2)17-14(21)7-8-19-9-10-20-15(16(19)22)12-5-3-4-6-13(12)18-20/h9-11H,3-8H2,1-2H3,(H,17,21). The Morgan fingerprint density at radius 1 is 1.32 bits per heavy atom. The smallest absolute Gasteiger partial charge is 0.276 e. The van der Waals surface area contributed by atoms with Crippen molar-refractivity contribution >= 4 is 11.4 Å². The van der Waals surface area contributed by atoms with E-state index in [2.05, 4.69) is 10.4 Å². The van der Waals surface area contributed by atoms with Gasteiger partial charge >= 0.3 is 0 Å². The maximum absolute atomic E-state index is 12.7. The van der Waals surface area contributed by atoms with Crippen LogP contribution >= 0.6 is 0 Å². The first-order valence-corrected chi connectivity index (χ1v) is 7.95. The van der Waals surface area contributed by atoms with E-state index in [1.54, 1.807) is 15.3 Å². The van der Waals surface area contributed by atoms with E-state index in [1.165, 1.54) is 0 Å². The Labute approximate surface area is 129 Å². The molecule has 0 saturated heterocycles. The monoisotopic (exact) mass is 302 g/mol.